The second-order valence-corrected chi connectivity index (χ2v) is 4.76. The van der Waals surface area contributed by atoms with Gasteiger partial charge in [-0.05, 0) is 63.7 Å². The van der Waals surface area contributed by atoms with E-state index >= 15 is 0 Å². The maximum Gasteiger partial charge on any atom is -0.0233 e. The van der Waals surface area contributed by atoms with Gasteiger partial charge in [0.15, 0.2) is 0 Å². The van der Waals surface area contributed by atoms with Crippen LogP contribution in [-0.4, -0.2) is 0 Å². The Balaban J connectivity index is 2.15. The first kappa shape index (κ1) is 12.5. The largest absolute Gasteiger partial charge is 0.0917 e. The first-order valence-electron chi connectivity index (χ1n) is 6.64. The van der Waals surface area contributed by atoms with Crippen LogP contribution in [-0.2, 0) is 0 Å². The van der Waals surface area contributed by atoms with Crippen LogP contribution >= 0.6 is 0 Å². The Morgan fingerprint density at radius 3 is 2.40 bits per heavy atom. The number of hydrogen-bond donors (Lipinski definition) is 0. The molecule has 0 atom stereocenters. The molecule has 1 aliphatic rings. The summed E-state index contributed by atoms with van der Waals surface area (Å²) in [4.78, 5) is 0. The van der Waals surface area contributed by atoms with Gasteiger partial charge in [0, 0.05) is 0 Å². The summed E-state index contributed by atoms with van der Waals surface area (Å²) in [7, 11) is 0. The number of rotatable bonds is 5. The second kappa shape index (κ2) is 7.73. The van der Waals surface area contributed by atoms with E-state index in [0.717, 1.165) is 11.8 Å². The van der Waals surface area contributed by atoms with Gasteiger partial charge in [-0.25, -0.2) is 0 Å². The highest BCUT2D eigenvalue weighted by Crippen LogP contribution is 2.32. The zero-order chi connectivity index (χ0) is 10.9. The normalized spacial score (nSPS) is 27.9. The zero-order valence-corrected chi connectivity index (χ0v) is 10.4. The topological polar surface area (TPSA) is 0 Å². The first-order valence-corrected chi connectivity index (χ1v) is 6.64. The highest BCUT2D eigenvalue weighted by atomic mass is 14.2. The van der Waals surface area contributed by atoms with Crippen molar-refractivity contribution in [3.05, 3.63) is 24.3 Å². The van der Waals surface area contributed by atoms with E-state index in [-0.39, 0.29) is 0 Å². The van der Waals surface area contributed by atoms with Gasteiger partial charge in [0.2, 0.25) is 0 Å². The van der Waals surface area contributed by atoms with Crippen LogP contribution in [0.25, 0.3) is 0 Å². The van der Waals surface area contributed by atoms with E-state index in [9.17, 15) is 0 Å². The van der Waals surface area contributed by atoms with Crippen LogP contribution in [0.15, 0.2) is 24.3 Å². The predicted octanol–water partition coefficient (Wildman–Crippen LogP) is 5.12. The summed E-state index contributed by atoms with van der Waals surface area (Å²) in [5.74, 6) is 1.90. The van der Waals surface area contributed by atoms with Gasteiger partial charge in [0.25, 0.3) is 0 Å². The maximum absolute atomic E-state index is 2.45. The van der Waals surface area contributed by atoms with Gasteiger partial charge in [0.1, 0.15) is 0 Å². The molecule has 0 nitrogen and oxygen atoms in total. The number of allylic oxidation sites excluding steroid dienone is 4. The molecule has 0 unspecified atom stereocenters. The SMILES string of the molecule is C/C=C/CCC1CCC(/C=C/CC)CC1. The molecule has 0 aliphatic heterocycles. The lowest BCUT2D eigenvalue weighted by Crippen LogP contribution is -2.12. The summed E-state index contributed by atoms with van der Waals surface area (Å²) >= 11 is 0. The maximum atomic E-state index is 2.45. The minimum Gasteiger partial charge on any atom is -0.0917 e. The standard InChI is InChI=1S/C15H26/c1-3-5-7-9-15-12-10-14(11-13-15)8-6-4-2/h3,5-6,8,14-15H,4,7,9-13H2,1-2H3/b5-3+,8-6+. The summed E-state index contributed by atoms with van der Waals surface area (Å²) in [5, 5.41) is 0. The van der Waals surface area contributed by atoms with Crippen LogP contribution < -0.4 is 0 Å². The van der Waals surface area contributed by atoms with Gasteiger partial charge in [-0.2, -0.15) is 0 Å². The Morgan fingerprint density at radius 1 is 1.07 bits per heavy atom. The zero-order valence-electron chi connectivity index (χ0n) is 10.4. The van der Waals surface area contributed by atoms with Crippen LogP contribution in [0.3, 0.4) is 0 Å². The van der Waals surface area contributed by atoms with Crippen molar-refractivity contribution < 1.29 is 0 Å². The third-order valence-corrected chi connectivity index (χ3v) is 3.51. The molecule has 86 valence electrons. The third-order valence-electron chi connectivity index (χ3n) is 3.51. The smallest absolute Gasteiger partial charge is 0.0233 e. The summed E-state index contributed by atoms with van der Waals surface area (Å²) in [6, 6.07) is 0. The highest BCUT2D eigenvalue weighted by molar-refractivity contribution is 4.90. The van der Waals surface area contributed by atoms with Crippen molar-refractivity contribution in [3.8, 4) is 0 Å². The lowest BCUT2D eigenvalue weighted by atomic mass is 9.80. The Labute approximate surface area is 95.5 Å². The Morgan fingerprint density at radius 2 is 1.80 bits per heavy atom. The van der Waals surface area contributed by atoms with E-state index in [0.29, 0.717) is 0 Å². The minimum absolute atomic E-state index is 0.892. The quantitative estimate of drug-likeness (QED) is 0.548. The fourth-order valence-corrected chi connectivity index (χ4v) is 2.50. The van der Waals surface area contributed by atoms with Crippen LogP contribution in [0, 0.1) is 11.8 Å². The molecule has 0 aromatic carbocycles. The fraction of sp³-hybridized carbons (Fsp3) is 0.733. The molecule has 0 heteroatoms. The van der Waals surface area contributed by atoms with Crippen LogP contribution in [0.4, 0.5) is 0 Å². The summed E-state index contributed by atoms with van der Waals surface area (Å²) < 4.78 is 0. The van der Waals surface area contributed by atoms with Gasteiger partial charge in [-0.15, -0.1) is 0 Å². The third kappa shape index (κ3) is 5.20. The average molecular weight is 206 g/mol. The molecule has 1 fully saturated rings. The minimum atomic E-state index is 0.892. The predicted molar refractivity (Wildman–Crippen MR) is 68.9 cm³/mol. The molecule has 0 N–H and O–H groups in total. The van der Waals surface area contributed by atoms with E-state index in [2.05, 4.69) is 38.2 Å². The lowest BCUT2D eigenvalue weighted by molar-refractivity contribution is 0.297. The summed E-state index contributed by atoms with van der Waals surface area (Å²) in [6.45, 7) is 4.34. The van der Waals surface area contributed by atoms with Crippen LogP contribution in [0.5, 0.6) is 0 Å². The monoisotopic (exact) mass is 206 g/mol. The molecule has 0 amide bonds. The molecule has 0 spiro atoms. The van der Waals surface area contributed by atoms with Crippen molar-refractivity contribution in [2.24, 2.45) is 11.8 Å². The van der Waals surface area contributed by atoms with Crippen LogP contribution in [0.1, 0.15) is 58.8 Å². The highest BCUT2D eigenvalue weighted by Gasteiger charge is 2.18. The Kier molecular flexibility index (Phi) is 6.47. The molecule has 0 aromatic rings. The Bertz CT molecular complexity index is 192. The lowest BCUT2D eigenvalue weighted by Gasteiger charge is -2.26. The molecular formula is C15H26. The van der Waals surface area contributed by atoms with E-state index < -0.39 is 0 Å². The fourth-order valence-electron chi connectivity index (χ4n) is 2.50. The van der Waals surface area contributed by atoms with E-state index in [1.54, 1.807) is 0 Å². The molecule has 0 aromatic heterocycles. The van der Waals surface area contributed by atoms with Crippen molar-refractivity contribution >= 4 is 0 Å². The molecule has 1 saturated carbocycles. The first-order chi connectivity index (χ1) is 7.36. The van der Waals surface area contributed by atoms with E-state index in [1.165, 1.54) is 44.9 Å². The van der Waals surface area contributed by atoms with E-state index in [4.69, 9.17) is 0 Å². The molecular weight excluding hydrogens is 180 g/mol. The molecule has 0 saturated heterocycles. The molecule has 0 heterocycles. The molecule has 1 aliphatic carbocycles. The van der Waals surface area contributed by atoms with Crippen molar-refractivity contribution in [1.29, 1.82) is 0 Å². The second-order valence-electron chi connectivity index (χ2n) is 4.76. The van der Waals surface area contributed by atoms with E-state index in [1.807, 2.05) is 0 Å². The van der Waals surface area contributed by atoms with Crippen molar-refractivity contribution in [1.82, 2.24) is 0 Å². The average Bonchev–Trinajstić information content (AvgIpc) is 2.28. The number of hydrogen-bond acceptors (Lipinski definition) is 0. The van der Waals surface area contributed by atoms with Gasteiger partial charge < -0.3 is 0 Å². The Hall–Kier alpha value is -0.520. The molecule has 0 bridgehead atoms. The molecule has 0 radical (unpaired) electrons. The van der Waals surface area contributed by atoms with Crippen molar-refractivity contribution in [3.63, 3.8) is 0 Å². The summed E-state index contributed by atoms with van der Waals surface area (Å²) in [6.07, 6.45) is 18.9. The van der Waals surface area contributed by atoms with Gasteiger partial charge in [-0.1, -0.05) is 31.2 Å². The molecule has 15 heavy (non-hydrogen) atoms. The van der Waals surface area contributed by atoms with Gasteiger partial charge in [0.05, 0.1) is 0 Å². The molecule has 1 rings (SSSR count). The van der Waals surface area contributed by atoms with Gasteiger partial charge in [-0.3, -0.25) is 0 Å². The van der Waals surface area contributed by atoms with Gasteiger partial charge >= 0.3 is 0 Å². The van der Waals surface area contributed by atoms with Crippen molar-refractivity contribution in [2.45, 2.75) is 58.8 Å². The van der Waals surface area contributed by atoms with Crippen LogP contribution in [0.2, 0.25) is 0 Å². The van der Waals surface area contributed by atoms with Crippen molar-refractivity contribution in [2.75, 3.05) is 0 Å². The summed E-state index contributed by atoms with van der Waals surface area (Å²) in [5.41, 5.74) is 0.